The maximum atomic E-state index is 11.4. The van der Waals surface area contributed by atoms with Gasteiger partial charge in [0.1, 0.15) is 0 Å². The van der Waals surface area contributed by atoms with Gasteiger partial charge in [-0.3, -0.25) is 4.90 Å². The second-order valence-electron chi connectivity index (χ2n) is 8.27. The topological polar surface area (TPSA) is 23.5 Å². The Hall–Kier alpha value is -1.64. The molecule has 2 aromatic rings. The Morgan fingerprint density at radius 2 is 1.11 bits per heavy atom. The van der Waals surface area contributed by atoms with Crippen molar-refractivity contribution in [2.24, 2.45) is 5.41 Å². The lowest BCUT2D eigenvalue weighted by Gasteiger charge is -2.40. The smallest absolute Gasteiger partial charge is 0.0723 e. The zero-order chi connectivity index (χ0) is 20.2. The summed E-state index contributed by atoms with van der Waals surface area (Å²) in [6, 6.07) is 21.3. The van der Waals surface area contributed by atoms with Crippen LogP contribution in [0.1, 0.15) is 70.4 Å². The van der Waals surface area contributed by atoms with Crippen molar-refractivity contribution in [2.45, 2.75) is 78.5 Å². The fraction of sp³-hybridized carbons (Fsp3) is 0.538. The van der Waals surface area contributed by atoms with E-state index in [9.17, 15) is 5.11 Å². The van der Waals surface area contributed by atoms with E-state index >= 15 is 0 Å². The summed E-state index contributed by atoms with van der Waals surface area (Å²) >= 11 is 0. The molecular formula is C26H39NO. The molecule has 28 heavy (non-hydrogen) atoms. The molecular weight excluding hydrogens is 342 g/mol. The Labute approximate surface area is 172 Å². The maximum absolute atomic E-state index is 11.4. The predicted molar refractivity (Wildman–Crippen MR) is 120 cm³/mol. The van der Waals surface area contributed by atoms with E-state index in [0.717, 1.165) is 58.2 Å². The van der Waals surface area contributed by atoms with Crippen LogP contribution in [-0.4, -0.2) is 22.7 Å². The van der Waals surface area contributed by atoms with Crippen LogP contribution in [0.2, 0.25) is 0 Å². The number of rotatable bonds is 13. The summed E-state index contributed by atoms with van der Waals surface area (Å²) in [6.07, 6.45) is 6.44. The number of hydrogen-bond acceptors (Lipinski definition) is 2. The van der Waals surface area contributed by atoms with Crippen molar-refractivity contribution in [1.29, 1.82) is 0 Å². The summed E-state index contributed by atoms with van der Waals surface area (Å²) in [6.45, 7) is 9.21. The highest BCUT2D eigenvalue weighted by atomic mass is 16.3. The normalized spacial score (nSPS) is 13.0. The van der Waals surface area contributed by atoms with Gasteiger partial charge in [0, 0.05) is 19.6 Å². The SMILES string of the molecule is CCCC(CCC)(CCC)[C@@H](O)CN(Cc1ccccc1)Cc1ccccc1. The molecule has 154 valence electrons. The van der Waals surface area contributed by atoms with Gasteiger partial charge in [0.15, 0.2) is 0 Å². The molecule has 2 heteroatoms. The second-order valence-corrected chi connectivity index (χ2v) is 8.27. The molecule has 0 aliphatic heterocycles. The first kappa shape index (κ1) is 22.6. The average Bonchev–Trinajstić information content (AvgIpc) is 2.70. The molecule has 0 bridgehead atoms. The first-order valence-corrected chi connectivity index (χ1v) is 11.1. The van der Waals surface area contributed by atoms with Gasteiger partial charge < -0.3 is 5.11 Å². The third kappa shape index (κ3) is 6.76. The van der Waals surface area contributed by atoms with Crippen LogP contribution in [0.25, 0.3) is 0 Å². The largest absolute Gasteiger partial charge is 0.391 e. The Kier molecular flexibility index (Phi) is 9.73. The summed E-state index contributed by atoms with van der Waals surface area (Å²) in [5.41, 5.74) is 2.65. The molecule has 0 radical (unpaired) electrons. The van der Waals surface area contributed by atoms with Crippen LogP contribution in [-0.2, 0) is 13.1 Å². The summed E-state index contributed by atoms with van der Waals surface area (Å²) in [4.78, 5) is 2.42. The average molecular weight is 382 g/mol. The van der Waals surface area contributed by atoms with Gasteiger partial charge in [0.25, 0.3) is 0 Å². The van der Waals surface area contributed by atoms with E-state index < -0.39 is 0 Å². The van der Waals surface area contributed by atoms with E-state index in [4.69, 9.17) is 0 Å². The molecule has 2 nitrogen and oxygen atoms in total. The fourth-order valence-corrected chi connectivity index (χ4v) is 4.67. The van der Waals surface area contributed by atoms with Crippen molar-refractivity contribution in [3.63, 3.8) is 0 Å². The molecule has 2 rings (SSSR count). The fourth-order valence-electron chi connectivity index (χ4n) is 4.67. The van der Waals surface area contributed by atoms with Gasteiger partial charge in [-0.05, 0) is 35.8 Å². The van der Waals surface area contributed by atoms with E-state index in [1.807, 2.05) is 0 Å². The highest BCUT2D eigenvalue weighted by molar-refractivity contribution is 5.17. The zero-order valence-corrected chi connectivity index (χ0v) is 18.1. The molecule has 0 amide bonds. The first-order chi connectivity index (χ1) is 13.6. The van der Waals surface area contributed by atoms with Crippen LogP contribution in [0.15, 0.2) is 60.7 Å². The monoisotopic (exact) mass is 381 g/mol. The summed E-state index contributed by atoms with van der Waals surface area (Å²) in [5.74, 6) is 0. The molecule has 0 saturated heterocycles. The molecule has 0 aliphatic rings. The third-order valence-corrected chi connectivity index (χ3v) is 5.88. The van der Waals surface area contributed by atoms with E-state index in [2.05, 4.69) is 86.3 Å². The maximum Gasteiger partial charge on any atom is 0.0723 e. The van der Waals surface area contributed by atoms with Gasteiger partial charge in [-0.1, -0.05) is 101 Å². The van der Waals surface area contributed by atoms with Crippen molar-refractivity contribution in [3.8, 4) is 0 Å². The number of aliphatic hydroxyl groups is 1. The van der Waals surface area contributed by atoms with Crippen molar-refractivity contribution in [1.82, 2.24) is 4.90 Å². The number of nitrogens with zero attached hydrogens (tertiary/aromatic N) is 1. The van der Waals surface area contributed by atoms with Gasteiger partial charge in [0.05, 0.1) is 6.10 Å². The zero-order valence-electron chi connectivity index (χ0n) is 18.1. The molecule has 0 aliphatic carbocycles. The highest BCUT2D eigenvalue weighted by Gasteiger charge is 2.36. The lowest BCUT2D eigenvalue weighted by atomic mass is 9.71. The Morgan fingerprint density at radius 3 is 1.46 bits per heavy atom. The van der Waals surface area contributed by atoms with E-state index in [1.165, 1.54) is 11.1 Å². The molecule has 0 unspecified atom stereocenters. The van der Waals surface area contributed by atoms with E-state index in [1.54, 1.807) is 0 Å². The number of aliphatic hydroxyl groups excluding tert-OH is 1. The second kappa shape index (κ2) is 12.0. The lowest BCUT2D eigenvalue weighted by Crippen LogP contribution is -2.43. The minimum atomic E-state index is -0.292. The molecule has 1 atom stereocenters. The Balaban J connectivity index is 2.20. The first-order valence-electron chi connectivity index (χ1n) is 11.1. The van der Waals surface area contributed by atoms with Crippen molar-refractivity contribution < 1.29 is 5.11 Å². The third-order valence-electron chi connectivity index (χ3n) is 5.88. The van der Waals surface area contributed by atoms with Gasteiger partial charge in [-0.25, -0.2) is 0 Å². The minimum absolute atomic E-state index is 0.0455. The van der Waals surface area contributed by atoms with Crippen LogP contribution in [0.3, 0.4) is 0 Å². The van der Waals surface area contributed by atoms with Crippen LogP contribution in [0.4, 0.5) is 0 Å². The Morgan fingerprint density at radius 1 is 0.714 bits per heavy atom. The van der Waals surface area contributed by atoms with Gasteiger partial charge in [-0.2, -0.15) is 0 Å². The Bertz CT molecular complexity index is 581. The lowest BCUT2D eigenvalue weighted by molar-refractivity contribution is -0.0239. The molecule has 0 heterocycles. The number of benzene rings is 2. The van der Waals surface area contributed by atoms with Crippen LogP contribution in [0.5, 0.6) is 0 Å². The summed E-state index contributed by atoms with van der Waals surface area (Å²) in [7, 11) is 0. The van der Waals surface area contributed by atoms with Gasteiger partial charge in [0.2, 0.25) is 0 Å². The molecule has 0 fully saturated rings. The van der Waals surface area contributed by atoms with Crippen molar-refractivity contribution in [3.05, 3.63) is 71.8 Å². The summed E-state index contributed by atoms with van der Waals surface area (Å²) in [5, 5.41) is 11.4. The standard InChI is InChI=1S/C26H39NO/c1-4-17-26(18-5-2,19-6-3)25(28)22-27(20-23-13-9-7-10-14-23)21-24-15-11-8-12-16-24/h7-16,25,28H,4-6,17-22H2,1-3H3/t25-/m0/s1. The van der Waals surface area contributed by atoms with Crippen LogP contribution >= 0.6 is 0 Å². The van der Waals surface area contributed by atoms with Crippen molar-refractivity contribution in [2.75, 3.05) is 6.54 Å². The van der Waals surface area contributed by atoms with Crippen molar-refractivity contribution >= 4 is 0 Å². The molecule has 1 N–H and O–H groups in total. The minimum Gasteiger partial charge on any atom is -0.391 e. The quantitative estimate of drug-likeness (QED) is 0.432. The highest BCUT2D eigenvalue weighted by Crippen LogP contribution is 2.39. The van der Waals surface area contributed by atoms with Crippen LogP contribution < -0.4 is 0 Å². The molecule has 0 spiro atoms. The van der Waals surface area contributed by atoms with Crippen LogP contribution in [0, 0.1) is 5.41 Å². The molecule has 0 saturated carbocycles. The summed E-state index contributed by atoms with van der Waals surface area (Å²) < 4.78 is 0. The molecule has 2 aromatic carbocycles. The van der Waals surface area contributed by atoms with E-state index in [-0.39, 0.29) is 11.5 Å². The number of hydrogen-bond donors (Lipinski definition) is 1. The van der Waals surface area contributed by atoms with E-state index in [0.29, 0.717) is 0 Å². The predicted octanol–water partition coefficient (Wildman–Crippen LogP) is 6.44. The van der Waals surface area contributed by atoms with Gasteiger partial charge in [-0.15, -0.1) is 0 Å². The molecule has 0 aromatic heterocycles. The van der Waals surface area contributed by atoms with Gasteiger partial charge >= 0.3 is 0 Å².